The van der Waals surface area contributed by atoms with Gasteiger partial charge in [-0.15, -0.1) is 6.42 Å². The van der Waals surface area contributed by atoms with Gasteiger partial charge in [-0.2, -0.15) is 5.10 Å². The lowest BCUT2D eigenvalue weighted by Gasteiger charge is -2.08. The number of hydrogen-bond acceptors (Lipinski definition) is 4. The Bertz CT molecular complexity index is 981. The van der Waals surface area contributed by atoms with Crippen LogP contribution in [0.4, 0.5) is 0 Å². The average molecular weight is 432 g/mol. The van der Waals surface area contributed by atoms with Gasteiger partial charge in [0.2, 0.25) is 0 Å². The van der Waals surface area contributed by atoms with Crippen molar-refractivity contribution in [3.8, 4) is 18.1 Å². The highest BCUT2D eigenvalue weighted by atomic mass is 79.9. The quantitative estimate of drug-likeness (QED) is 0.364. The zero-order valence-corrected chi connectivity index (χ0v) is 15.7. The second kappa shape index (κ2) is 8.09. The maximum Gasteiger partial charge on any atom is 0.307 e. The number of rotatable bonds is 5. The molecule has 5 nitrogen and oxygen atoms in total. The SMILES string of the molecule is C#CCOc1c(Cl)cc(/C=N/NC(=O)c2cc3ccccc3o2)cc1Br. The monoisotopic (exact) mass is 430 g/mol. The van der Waals surface area contributed by atoms with E-state index in [1.807, 2.05) is 18.2 Å². The molecule has 1 amide bonds. The fourth-order valence-corrected chi connectivity index (χ4v) is 3.21. The van der Waals surface area contributed by atoms with Crippen LogP contribution in [0.5, 0.6) is 5.75 Å². The van der Waals surface area contributed by atoms with Crippen LogP contribution in [0, 0.1) is 12.3 Å². The number of furan rings is 1. The highest BCUT2D eigenvalue weighted by Crippen LogP contribution is 2.34. The summed E-state index contributed by atoms with van der Waals surface area (Å²) in [5, 5.41) is 5.15. The van der Waals surface area contributed by atoms with Crippen LogP contribution in [0.2, 0.25) is 5.02 Å². The van der Waals surface area contributed by atoms with Gasteiger partial charge < -0.3 is 9.15 Å². The van der Waals surface area contributed by atoms with E-state index in [-0.39, 0.29) is 12.4 Å². The van der Waals surface area contributed by atoms with Crippen molar-refractivity contribution in [2.24, 2.45) is 5.10 Å². The van der Waals surface area contributed by atoms with Gasteiger partial charge in [0.1, 0.15) is 12.2 Å². The van der Waals surface area contributed by atoms with Gasteiger partial charge in [-0.25, -0.2) is 5.43 Å². The van der Waals surface area contributed by atoms with E-state index in [4.69, 9.17) is 27.2 Å². The average Bonchev–Trinajstić information content (AvgIpc) is 3.05. The van der Waals surface area contributed by atoms with E-state index < -0.39 is 5.91 Å². The number of amides is 1. The highest BCUT2D eigenvalue weighted by molar-refractivity contribution is 9.10. The molecular weight excluding hydrogens is 420 g/mol. The second-order valence-corrected chi connectivity index (χ2v) is 6.42. The minimum absolute atomic E-state index is 0.110. The molecule has 0 aliphatic heterocycles. The van der Waals surface area contributed by atoms with Crippen LogP contribution in [0.3, 0.4) is 0 Å². The summed E-state index contributed by atoms with van der Waals surface area (Å²) >= 11 is 9.53. The second-order valence-electron chi connectivity index (χ2n) is 5.15. The number of nitrogens with one attached hydrogen (secondary N) is 1. The molecule has 0 unspecified atom stereocenters. The van der Waals surface area contributed by atoms with Gasteiger partial charge in [-0.1, -0.05) is 35.7 Å². The lowest BCUT2D eigenvalue weighted by Crippen LogP contribution is -2.16. The molecule has 0 atom stereocenters. The smallest absolute Gasteiger partial charge is 0.307 e. The molecule has 26 heavy (non-hydrogen) atoms. The van der Waals surface area contributed by atoms with E-state index in [9.17, 15) is 4.79 Å². The van der Waals surface area contributed by atoms with Crippen molar-refractivity contribution in [2.45, 2.75) is 0 Å². The molecule has 0 saturated carbocycles. The molecule has 0 fully saturated rings. The summed E-state index contributed by atoms with van der Waals surface area (Å²) in [7, 11) is 0. The van der Waals surface area contributed by atoms with Crippen molar-refractivity contribution in [3.05, 3.63) is 63.3 Å². The van der Waals surface area contributed by atoms with Crippen LogP contribution in [-0.4, -0.2) is 18.7 Å². The predicted molar refractivity (Wildman–Crippen MR) is 105 cm³/mol. The Labute approximate surface area is 163 Å². The number of hydrogen-bond donors (Lipinski definition) is 1. The molecule has 0 aliphatic carbocycles. The van der Waals surface area contributed by atoms with Crippen molar-refractivity contribution >= 4 is 50.6 Å². The molecule has 0 spiro atoms. The van der Waals surface area contributed by atoms with Gasteiger partial charge in [0.25, 0.3) is 0 Å². The van der Waals surface area contributed by atoms with Crippen LogP contribution >= 0.6 is 27.5 Å². The third-order valence-electron chi connectivity index (χ3n) is 3.35. The number of hydrazone groups is 1. The summed E-state index contributed by atoms with van der Waals surface area (Å²) in [6.07, 6.45) is 6.63. The first-order valence-corrected chi connectivity index (χ1v) is 8.63. The minimum atomic E-state index is -0.448. The maximum absolute atomic E-state index is 12.1. The summed E-state index contributed by atoms with van der Waals surface area (Å²) in [6.45, 7) is 0.110. The molecule has 1 aromatic heterocycles. The fourth-order valence-electron chi connectivity index (χ4n) is 2.22. The summed E-state index contributed by atoms with van der Waals surface area (Å²) in [5.74, 6) is 2.56. The Morgan fingerprint density at radius 2 is 2.19 bits per heavy atom. The normalized spacial score (nSPS) is 10.8. The Morgan fingerprint density at radius 3 is 2.92 bits per heavy atom. The largest absolute Gasteiger partial charge is 0.478 e. The summed E-state index contributed by atoms with van der Waals surface area (Å²) < 4.78 is 11.5. The van der Waals surface area contributed by atoms with Crippen molar-refractivity contribution in [2.75, 3.05) is 6.61 Å². The fraction of sp³-hybridized carbons (Fsp3) is 0.0526. The molecule has 1 heterocycles. The Morgan fingerprint density at radius 1 is 1.38 bits per heavy atom. The van der Waals surface area contributed by atoms with E-state index in [0.717, 1.165) is 5.39 Å². The first-order chi connectivity index (χ1) is 12.6. The molecule has 0 radical (unpaired) electrons. The number of benzene rings is 2. The third-order valence-corrected chi connectivity index (χ3v) is 4.22. The van der Waals surface area contributed by atoms with E-state index >= 15 is 0 Å². The Hall–Kier alpha value is -2.75. The lowest BCUT2D eigenvalue weighted by atomic mass is 10.2. The molecule has 1 N–H and O–H groups in total. The first kappa shape index (κ1) is 18.1. The van der Waals surface area contributed by atoms with Gasteiger partial charge in [0, 0.05) is 5.39 Å². The molecule has 3 rings (SSSR count). The molecule has 3 aromatic rings. The van der Waals surface area contributed by atoms with Crippen molar-refractivity contribution in [1.29, 1.82) is 0 Å². The predicted octanol–water partition coefficient (Wildman–Crippen LogP) is 4.62. The number of halogens is 2. The number of carbonyl (C=O) groups excluding carboxylic acids is 1. The summed E-state index contributed by atoms with van der Waals surface area (Å²) in [5.41, 5.74) is 3.72. The lowest BCUT2D eigenvalue weighted by molar-refractivity contribution is 0.0929. The summed E-state index contributed by atoms with van der Waals surface area (Å²) in [6, 6.07) is 12.4. The van der Waals surface area contributed by atoms with Gasteiger partial charge in [0.15, 0.2) is 11.5 Å². The molecule has 7 heteroatoms. The van der Waals surface area contributed by atoms with Crippen LogP contribution in [-0.2, 0) is 0 Å². The zero-order valence-electron chi connectivity index (χ0n) is 13.3. The Balaban J connectivity index is 1.70. The molecule has 130 valence electrons. The van der Waals surface area contributed by atoms with Gasteiger partial charge >= 0.3 is 5.91 Å². The van der Waals surface area contributed by atoms with Gasteiger partial charge in [0.05, 0.1) is 15.7 Å². The topological polar surface area (TPSA) is 63.8 Å². The third kappa shape index (κ3) is 4.07. The van der Waals surface area contributed by atoms with Crippen LogP contribution in [0.1, 0.15) is 16.1 Å². The van der Waals surface area contributed by atoms with Gasteiger partial charge in [-0.3, -0.25) is 4.79 Å². The number of nitrogens with zero attached hydrogens (tertiary/aromatic N) is 1. The molecule has 2 aromatic carbocycles. The minimum Gasteiger partial charge on any atom is -0.478 e. The van der Waals surface area contributed by atoms with E-state index in [0.29, 0.717) is 26.4 Å². The van der Waals surface area contributed by atoms with Crippen molar-refractivity contribution in [1.82, 2.24) is 5.43 Å². The summed E-state index contributed by atoms with van der Waals surface area (Å²) in [4.78, 5) is 12.1. The highest BCUT2D eigenvalue weighted by Gasteiger charge is 2.11. The number of ether oxygens (including phenoxy) is 1. The molecule has 0 aliphatic rings. The van der Waals surface area contributed by atoms with Gasteiger partial charge in [-0.05, 0) is 45.8 Å². The van der Waals surface area contributed by atoms with Crippen molar-refractivity contribution < 1.29 is 13.9 Å². The van der Waals surface area contributed by atoms with E-state index in [2.05, 4.69) is 32.4 Å². The molecular formula is C19H12BrClN2O3. The Kier molecular flexibility index (Phi) is 5.61. The first-order valence-electron chi connectivity index (χ1n) is 7.46. The number of para-hydroxylation sites is 1. The van der Waals surface area contributed by atoms with Crippen LogP contribution in [0.15, 0.2) is 56.5 Å². The van der Waals surface area contributed by atoms with E-state index in [1.165, 1.54) is 6.21 Å². The van der Waals surface area contributed by atoms with Crippen LogP contribution < -0.4 is 10.2 Å². The zero-order chi connectivity index (χ0) is 18.5. The number of carbonyl (C=O) groups is 1. The van der Waals surface area contributed by atoms with Crippen LogP contribution in [0.25, 0.3) is 11.0 Å². The van der Waals surface area contributed by atoms with E-state index in [1.54, 1.807) is 24.3 Å². The number of fused-ring (bicyclic) bond motifs is 1. The maximum atomic E-state index is 12.1. The van der Waals surface area contributed by atoms with Crippen molar-refractivity contribution in [3.63, 3.8) is 0 Å². The number of terminal acetylenes is 1. The molecule has 0 saturated heterocycles. The molecule has 0 bridgehead atoms. The standard InChI is InChI=1S/C19H12BrClN2O3/c1-2-7-25-18-14(20)8-12(9-15(18)21)11-22-23-19(24)17-10-13-5-3-4-6-16(13)26-17/h1,3-6,8-11H,7H2,(H,23,24)/b22-11+.